The van der Waals surface area contributed by atoms with E-state index in [4.69, 9.17) is 4.74 Å². The molecule has 0 spiro atoms. The van der Waals surface area contributed by atoms with Gasteiger partial charge in [-0.15, -0.1) is 0 Å². The van der Waals surface area contributed by atoms with E-state index in [1.54, 1.807) is 46.0 Å². The Bertz CT molecular complexity index is 1100. The third-order valence-electron chi connectivity index (χ3n) is 5.36. The van der Waals surface area contributed by atoms with Crippen molar-refractivity contribution in [1.82, 2.24) is 14.7 Å². The molecular weight excluding hydrogens is 411 g/mol. The molecule has 0 atom stereocenters. The lowest BCUT2D eigenvalue weighted by atomic mass is 10.0. The molecule has 0 saturated carbocycles. The van der Waals surface area contributed by atoms with Crippen LogP contribution in [0.5, 0.6) is 0 Å². The zero-order chi connectivity index (χ0) is 22.7. The number of aromatic nitrogens is 2. The van der Waals surface area contributed by atoms with Crippen LogP contribution in [0.1, 0.15) is 46.2 Å². The molecule has 166 valence electrons. The summed E-state index contributed by atoms with van der Waals surface area (Å²) >= 11 is 0. The minimum absolute atomic E-state index is 0.0109. The van der Waals surface area contributed by atoms with Gasteiger partial charge in [0.15, 0.2) is 0 Å². The first-order valence-corrected chi connectivity index (χ1v) is 10.6. The highest BCUT2D eigenvalue weighted by atomic mass is 19.1. The number of carbonyl (C=O) groups is 2. The van der Waals surface area contributed by atoms with Gasteiger partial charge in [0.2, 0.25) is 0 Å². The molecule has 32 heavy (non-hydrogen) atoms. The van der Waals surface area contributed by atoms with Crippen LogP contribution in [0.4, 0.5) is 10.1 Å². The third kappa shape index (κ3) is 4.55. The number of amides is 2. The summed E-state index contributed by atoms with van der Waals surface area (Å²) in [6.07, 6.45) is 1.52. The predicted octanol–water partition coefficient (Wildman–Crippen LogP) is 3.86. The molecule has 1 aliphatic heterocycles. The quantitative estimate of drug-likeness (QED) is 0.659. The van der Waals surface area contributed by atoms with Gasteiger partial charge in [0.25, 0.3) is 11.8 Å². The van der Waals surface area contributed by atoms with Crippen molar-refractivity contribution in [3.63, 3.8) is 0 Å². The van der Waals surface area contributed by atoms with Crippen LogP contribution in [0.25, 0.3) is 5.69 Å². The highest BCUT2D eigenvalue weighted by Gasteiger charge is 2.22. The molecule has 3 aromatic rings. The zero-order valence-electron chi connectivity index (χ0n) is 18.0. The fourth-order valence-corrected chi connectivity index (χ4v) is 3.72. The lowest BCUT2D eigenvalue weighted by molar-refractivity contribution is 0.0303. The van der Waals surface area contributed by atoms with Crippen molar-refractivity contribution < 1.29 is 18.7 Å². The fourth-order valence-electron chi connectivity index (χ4n) is 3.72. The number of rotatable bonds is 5. The lowest BCUT2D eigenvalue weighted by Gasteiger charge is -2.26. The molecule has 1 aliphatic rings. The second kappa shape index (κ2) is 9.32. The number of hydrogen-bond acceptors (Lipinski definition) is 4. The maximum atomic E-state index is 13.3. The molecule has 1 aromatic heterocycles. The minimum Gasteiger partial charge on any atom is -0.378 e. The smallest absolute Gasteiger partial charge is 0.259 e. The summed E-state index contributed by atoms with van der Waals surface area (Å²) in [4.78, 5) is 27.3. The summed E-state index contributed by atoms with van der Waals surface area (Å²) in [5, 5.41) is 7.24. The van der Waals surface area contributed by atoms with Gasteiger partial charge in [-0.1, -0.05) is 13.8 Å². The van der Waals surface area contributed by atoms with Crippen molar-refractivity contribution >= 4 is 17.5 Å². The molecular formula is C24H25FN4O3. The topological polar surface area (TPSA) is 76.5 Å². The average Bonchev–Trinajstić information content (AvgIpc) is 3.26. The Kier molecular flexibility index (Phi) is 6.32. The first kappa shape index (κ1) is 21.7. The molecule has 1 saturated heterocycles. The summed E-state index contributed by atoms with van der Waals surface area (Å²) in [5.41, 5.74) is 3.00. The number of benzene rings is 2. The van der Waals surface area contributed by atoms with Crippen LogP contribution in [0.3, 0.4) is 0 Å². The van der Waals surface area contributed by atoms with Crippen LogP contribution in [0, 0.1) is 5.82 Å². The maximum Gasteiger partial charge on any atom is 0.259 e. The Labute approximate surface area is 185 Å². The predicted molar refractivity (Wildman–Crippen MR) is 119 cm³/mol. The average molecular weight is 436 g/mol. The Morgan fingerprint density at radius 3 is 2.31 bits per heavy atom. The second-order valence-electron chi connectivity index (χ2n) is 7.92. The number of carbonyl (C=O) groups excluding carboxylic acids is 2. The second-order valence-corrected chi connectivity index (χ2v) is 7.92. The number of morpholine rings is 1. The van der Waals surface area contributed by atoms with E-state index in [0.717, 1.165) is 5.69 Å². The largest absolute Gasteiger partial charge is 0.378 e. The molecule has 0 bridgehead atoms. The van der Waals surface area contributed by atoms with Crippen LogP contribution in [0.2, 0.25) is 0 Å². The fraction of sp³-hybridized carbons (Fsp3) is 0.292. The van der Waals surface area contributed by atoms with Crippen molar-refractivity contribution in [3.05, 3.63) is 77.4 Å². The maximum absolute atomic E-state index is 13.3. The van der Waals surface area contributed by atoms with Crippen LogP contribution < -0.4 is 5.32 Å². The van der Waals surface area contributed by atoms with Crippen molar-refractivity contribution in [1.29, 1.82) is 0 Å². The van der Waals surface area contributed by atoms with E-state index in [2.05, 4.69) is 10.4 Å². The Morgan fingerprint density at radius 1 is 1.03 bits per heavy atom. The normalized spacial score (nSPS) is 13.9. The molecule has 1 N–H and O–H groups in total. The van der Waals surface area contributed by atoms with Gasteiger partial charge in [-0.2, -0.15) is 5.10 Å². The van der Waals surface area contributed by atoms with E-state index in [1.165, 1.54) is 18.3 Å². The SMILES string of the molecule is CC(C)c1c(C(=O)Nc2ccc(C(=O)N3CCOCC3)cc2)cnn1-c1ccc(F)cc1. The van der Waals surface area contributed by atoms with Gasteiger partial charge in [-0.3, -0.25) is 9.59 Å². The van der Waals surface area contributed by atoms with Crippen molar-refractivity contribution in [2.75, 3.05) is 31.6 Å². The Balaban J connectivity index is 1.51. The number of hydrogen-bond donors (Lipinski definition) is 1. The van der Waals surface area contributed by atoms with Crippen LogP contribution >= 0.6 is 0 Å². The molecule has 2 aromatic carbocycles. The summed E-state index contributed by atoms with van der Waals surface area (Å²) in [7, 11) is 0. The van der Waals surface area contributed by atoms with E-state index >= 15 is 0 Å². The van der Waals surface area contributed by atoms with Crippen LogP contribution in [-0.4, -0.2) is 52.8 Å². The van der Waals surface area contributed by atoms with Crippen LogP contribution in [-0.2, 0) is 4.74 Å². The van der Waals surface area contributed by atoms with E-state index < -0.39 is 0 Å². The van der Waals surface area contributed by atoms with E-state index in [1.807, 2.05) is 13.8 Å². The van der Waals surface area contributed by atoms with Gasteiger partial charge in [0, 0.05) is 24.3 Å². The highest BCUT2D eigenvalue weighted by molar-refractivity contribution is 6.05. The van der Waals surface area contributed by atoms with Gasteiger partial charge >= 0.3 is 0 Å². The standard InChI is InChI=1S/C24H25FN4O3/c1-16(2)22-21(15-26-29(22)20-9-5-18(25)6-10-20)23(30)27-19-7-3-17(4-8-19)24(31)28-11-13-32-14-12-28/h3-10,15-16H,11-14H2,1-2H3,(H,27,30). The summed E-state index contributed by atoms with van der Waals surface area (Å²) in [6, 6.07) is 12.8. The molecule has 7 nitrogen and oxygen atoms in total. The zero-order valence-corrected chi connectivity index (χ0v) is 18.0. The lowest BCUT2D eigenvalue weighted by Crippen LogP contribution is -2.40. The molecule has 0 aliphatic carbocycles. The summed E-state index contributed by atoms with van der Waals surface area (Å²) in [5.74, 6) is -0.666. The van der Waals surface area contributed by atoms with Gasteiger partial charge < -0.3 is 15.0 Å². The van der Waals surface area contributed by atoms with E-state index in [-0.39, 0.29) is 23.5 Å². The Hall–Kier alpha value is -3.52. The third-order valence-corrected chi connectivity index (χ3v) is 5.36. The van der Waals surface area contributed by atoms with Crippen molar-refractivity contribution in [3.8, 4) is 5.69 Å². The number of nitrogens with one attached hydrogen (secondary N) is 1. The van der Waals surface area contributed by atoms with Crippen LogP contribution in [0.15, 0.2) is 54.7 Å². The first-order chi connectivity index (χ1) is 15.4. The number of halogens is 1. The minimum atomic E-state index is -0.333. The highest BCUT2D eigenvalue weighted by Crippen LogP contribution is 2.24. The molecule has 0 unspecified atom stereocenters. The monoisotopic (exact) mass is 436 g/mol. The summed E-state index contributed by atoms with van der Waals surface area (Å²) < 4.78 is 20.2. The van der Waals surface area contributed by atoms with Crippen molar-refractivity contribution in [2.24, 2.45) is 0 Å². The number of nitrogens with zero attached hydrogens (tertiary/aromatic N) is 3. The molecule has 0 radical (unpaired) electrons. The first-order valence-electron chi connectivity index (χ1n) is 10.6. The van der Waals surface area contributed by atoms with Gasteiger partial charge in [-0.05, 0) is 54.4 Å². The Morgan fingerprint density at radius 2 is 1.69 bits per heavy atom. The van der Waals surface area contributed by atoms with E-state index in [9.17, 15) is 14.0 Å². The molecule has 8 heteroatoms. The van der Waals surface area contributed by atoms with E-state index in [0.29, 0.717) is 48.8 Å². The van der Waals surface area contributed by atoms with Crippen molar-refractivity contribution in [2.45, 2.75) is 19.8 Å². The summed E-state index contributed by atoms with van der Waals surface area (Å²) in [6.45, 7) is 6.19. The number of ether oxygens (including phenoxy) is 1. The molecule has 2 amide bonds. The van der Waals surface area contributed by atoms with Gasteiger partial charge in [0.05, 0.1) is 36.4 Å². The van der Waals surface area contributed by atoms with Gasteiger partial charge in [-0.25, -0.2) is 9.07 Å². The molecule has 2 heterocycles. The molecule has 1 fully saturated rings. The number of anilines is 1. The van der Waals surface area contributed by atoms with Gasteiger partial charge in [0.1, 0.15) is 5.82 Å². The molecule has 4 rings (SSSR count).